The molecule has 2 fully saturated rings. The zero-order chi connectivity index (χ0) is 9.85. The lowest BCUT2D eigenvalue weighted by Gasteiger charge is -2.32. The summed E-state index contributed by atoms with van der Waals surface area (Å²) in [4.78, 5) is 0. The van der Waals surface area contributed by atoms with Crippen LogP contribution < -0.4 is 0 Å². The number of halogens is 1. The highest BCUT2D eigenvalue weighted by molar-refractivity contribution is 6.49. The van der Waals surface area contributed by atoms with E-state index in [1.807, 2.05) is 27.7 Å². The molecule has 0 amide bonds. The summed E-state index contributed by atoms with van der Waals surface area (Å²) in [5, 5.41) is 0. The summed E-state index contributed by atoms with van der Waals surface area (Å²) >= 11 is 0. The first-order valence-corrected chi connectivity index (χ1v) is 4.83. The van der Waals surface area contributed by atoms with Gasteiger partial charge in [-0.15, -0.1) is 0 Å². The minimum atomic E-state index is -0.713. The van der Waals surface area contributed by atoms with Crippen LogP contribution in [0.4, 0.5) is 4.39 Å². The first-order chi connectivity index (χ1) is 5.83. The summed E-state index contributed by atoms with van der Waals surface area (Å²) in [7, 11) is -0.333. The van der Waals surface area contributed by atoms with Crippen LogP contribution in [0.2, 0.25) is 5.82 Å². The van der Waals surface area contributed by atoms with Gasteiger partial charge in [-0.2, -0.15) is 0 Å². The van der Waals surface area contributed by atoms with Crippen LogP contribution in [0, 0.1) is 0 Å². The molecule has 0 aromatic heterocycles. The number of alkyl halides is 1. The Morgan fingerprint density at radius 1 is 1.15 bits per heavy atom. The Bertz CT molecular complexity index is 214. The van der Waals surface area contributed by atoms with E-state index >= 15 is 0 Å². The van der Waals surface area contributed by atoms with Crippen LogP contribution in [0.15, 0.2) is 0 Å². The lowest BCUT2D eigenvalue weighted by Crippen LogP contribution is -2.41. The standard InChI is InChI=1S/C9H16BFO2/c1-8(2)9(3,4)13-10(12-8)6-5-7(6)11/h6-7H,5H2,1-4H3/t6-,7-/m0/s1. The van der Waals surface area contributed by atoms with Crippen LogP contribution in [-0.2, 0) is 9.31 Å². The van der Waals surface area contributed by atoms with Gasteiger partial charge < -0.3 is 9.31 Å². The van der Waals surface area contributed by atoms with E-state index in [-0.39, 0.29) is 24.1 Å². The van der Waals surface area contributed by atoms with Crippen LogP contribution in [0.1, 0.15) is 34.1 Å². The predicted octanol–water partition coefficient (Wildman–Crippen LogP) is 2.19. The van der Waals surface area contributed by atoms with E-state index in [1.54, 1.807) is 0 Å². The van der Waals surface area contributed by atoms with Crippen LogP contribution in [0.3, 0.4) is 0 Å². The second-order valence-electron chi connectivity index (χ2n) is 5.04. The van der Waals surface area contributed by atoms with Crippen LogP contribution in [0.5, 0.6) is 0 Å². The number of hydrogen-bond acceptors (Lipinski definition) is 2. The predicted molar refractivity (Wildman–Crippen MR) is 49.3 cm³/mol. The van der Waals surface area contributed by atoms with E-state index in [2.05, 4.69) is 0 Å². The topological polar surface area (TPSA) is 18.5 Å². The second-order valence-corrected chi connectivity index (χ2v) is 5.04. The summed E-state index contributed by atoms with van der Waals surface area (Å²) < 4.78 is 24.2. The molecule has 2 atom stereocenters. The fourth-order valence-corrected chi connectivity index (χ4v) is 1.53. The van der Waals surface area contributed by atoms with Gasteiger partial charge >= 0.3 is 7.12 Å². The lowest BCUT2D eigenvalue weighted by atomic mass is 9.82. The van der Waals surface area contributed by atoms with E-state index in [0.29, 0.717) is 6.42 Å². The molecule has 74 valence electrons. The molecule has 0 radical (unpaired) electrons. The summed E-state index contributed by atoms with van der Waals surface area (Å²) in [5.41, 5.74) is -0.639. The maximum absolute atomic E-state index is 12.8. The molecule has 2 nitrogen and oxygen atoms in total. The van der Waals surface area contributed by atoms with Gasteiger partial charge in [-0.25, -0.2) is 4.39 Å². The van der Waals surface area contributed by atoms with Crippen LogP contribution in [0.25, 0.3) is 0 Å². The van der Waals surface area contributed by atoms with Crippen molar-refractivity contribution in [2.45, 2.75) is 57.3 Å². The quantitative estimate of drug-likeness (QED) is 0.584. The van der Waals surface area contributed by atoms with Gasteiger partial charge in [0.15, 0.2) is 0 Å². The fourth-order valence-electron chi connectivity index (χ4n) is 1.53. The highest BCUT2D eigenvalue weighted by Gasteiger charge is 2.60. The normalized spacial score (nSPS) is 40.8. The lowest BCUT2D eigenvalue weighted by molar-refractivity contribution is 0.00578. The molecule has 1 aliphatic heterocycles. The Hall–Kier alpha value is -0.0851. The Morgan fingerprint density at radius 3 is 1.85 bits per heavy atom. The average Bonchev–Trinajstić information content (AvgIpc) is 2.58. The van der Waals surface area contributed by atoms with Gasteiger partial charge in [0.05, 0.1) is 11.2 Å². The van der Waals surface area contributed by atoms with Gasteiger partial charge in [0.25, 0.3) is 0 Å². The van der Waals surface area contributed by atoms with Crippen LogP contribution >= 0.6 is 0 Å². The molecule has 0 aromatic carbocycles. The number of hydrogen-bond donors (Lipinski definition) is 0. The Morgan fingerprint density at radius 2 is 1.54 bits per heavy atom. The molecule has 13 heavy (non-hydrogen) atoms. The third kappa shape index (κ3) is 1.40. The summed E-state index contributed by atoms with van der Waals surface area (Å²) in [6, 6.07) is 0. The molecule has 1 saturated heterocycles. The minimum Gasteiger partial charge on any atom is -0.403 e. The molecule has 2 aliphatic rings. The van der Waals surface area contributed by atoms with Gasteiger partial charge in [-0.05, 0) is 34.1 Å². The summed E-state index contributed by atoms with van der Waals surface area (Å²) in [6.45, 7) is 7.95. The van der Waals surface area contributed by atoms with Crippen molar-refractivity contribution in [2.75, 3.05) is 0 Å². The van der Waals surface area contributed by atoms with Crippen LogP contribution in [-0.4, -0.2) is 24.5 Å². The molecule has 1 saturated carbocycles. The molecule has 4 heteroatoms. The van der Waals surface area contributed by atoms with Gasteiger partial charge in [0.1, 0.15) is 6.17 Å². The maximum Gasteiger partial charge on any atom is 0.464 e. The zero-order valence-electron chi connectivity index (χ0n) is 8.63. The highest BCUT2D eigenvalue weighted by Crippen LogP contribution is 2.50. The van der Waals surface area contributed by atoms with Crippen molar-refractivity contribution in [3.05, 3.63) is 0 Å². The molecule has 0 unspecified atom stereocenters. The van der Waals surface area contributed by atoms with E-state index in [4.69, 9.17) is 9.31 Å². The van der Waals surface area contributed by atoms with Gasteiger partial charge in [-0.1, -0.05) is 0 Å². The Kier molecular flexibility index (Phi) is 1.81. The average molecular weight is 186 g/mol. The third-order valence-electron chi connectivity index (χ3n) is 3.38. The zero-order valence-corrected chi connectivity index (χ0v) is 8.63. The SMILES string of the molecule is CC1(C)OB([C@H]2C[C@@H]2F)OC1(C)C. The number of rotatable bonds is 1. The van der Waals surface area contributed by atoms with E-state index in [0.717, 1.165) is 0 Å². The molecule has 1 aliphatic carbocycles. The Balaban J connectivity index is 2.07. The van der Waals surface area contributed by atoms with Gasteiger partial charge in [0, 0.05) is 5.82 Å². The van der Waals surface area contributed by atoms with Crippen molar-refractivity contribution in [1.82, 2.24) is 0 Å². The molecule has 0 aromatic rings. The first-order valence-electron chi connectivity index (χ1n) is 4.83. The summed E-state index contributed by atoms with van der Waals surface area (Å²) in [6.07, 6.45) is -0.119. The fraction of sp³-hybridized carbons (Fsp3) is 1.00. The van der Waals surface area contributed by atoms with Crippen molar-refractivity contribution >= 4 is 7.12 Å². The van der Waals surface area contributed by atoms with E-state index in [1.165, 1.54) is 0 Å². The Labute approximate surface area is 78.9 Å². The molecular formula is C9H16BFO2. The molecule has 1 heterocycles. The van der Waals surface area contributed by atoms with Crippen molar-refractivity contribution < 1.29 is 13.7 Å². The smallest absolute Gasteiger partial charge is 0.403 e. The second kappa shape index (κ2) is 2.48. The van der Waals surface area contributed by atoms with Gasteiger partial charge in [0.2, 0.25) is 0 Å². The molecular weight excluding hydrogens is 170 g/mol. The van der Waals surface area contributed by atoms with E-state index in [9.17, 15) is 4.39 Å². The largest absolute Gasteiger partial charge is 0.464 e. The minimum absolute atomic E-state index is 0.0268. The first kappa shape index (κ1) is 9.47. The van der Waals surface area contributed by atoms with Crippen molar-refractivity contribution in [2.24, 2.45) is 0 Å². The van der Waals surface area contributed by atoms with Gasteiger partial charge in [-0.3, -0.25) is 0 Å². The maximum atomic E-state index is 12.8. The molecule has 0 N–H and O–H groups in total. The highest BCUT2D eigenvalue weighted by atomic mass is 19.1. The summed E-state index contributed by atoms with van der Waals surface area (Å²) in [5.74, 6) is -0.0268. The molecule has 0 bridgehead atoms. The van der Waals surface area contributed by atoms with Crippen molar-refractivity contribution in [3.8, 4) is 0 Å². The van der Waals surface area contributed by atoms with Crippen molar-refractivity contribution in [1.29, 1.82) is 0 Å². The monoisotopic (exact) mass is 186 g/mol. The molecule has 2 rings (SSSR count). The molecule has 0 spiro atoms. The van der Waals surface area contributed by atoms with Crippen molar-refractivity contribution in [3.63, 3.8) is 0 Å². The van der Waals surface area contributed by atoms with E-state index < -0.39 is 6.17 Å². The third-order valence-corrected chi connectivity index (χ3v) is 3.38.